The number of Topliss-reactive ketones (excluding diaryl/α,β-unsaturated/α-hetero) is 1. The Balaban J connectivity index is 2.17. The average molecular weight is 350 g/mol. The molecule has 26 heavy (non-hydrogen) atoms. The number of hydrogen-bond acceptors (Lipinski definition) is 3. The first-order valence-electron chi connectivity index (χ1n) is 9.32. The minimum absolute atomic E-state index is 0.154. The number of nitrogens with zero attached hydrogens (tertiary/aromatic N) is 2. The second-order valence-electron chi connectivity index (χ2n) is 6.39. The van der Waals surface area contributed by atoms with E-state index in [9.17, 15) is 9.59 Å². The quantitative estimate of drug-likeness (QED) is 0.542. The molecule has 1 aromatic rings. The lowest BCUT2D eigenvalue weighted by Gasteiger charge is -2.15. The molecule has 4 nitrogen and oxygen atoms in total. The number of rotatable bonds is 8. The van der Waals surface area contributed by atoms with Crippen LogP contribution in [0.2, 0.25) is 0 Å². The van der Waals surface area contributed by atoms with Crippen molar-refractivity contribution < 1.29 is 9.59 Å². The van der Waals surface area contributed by atoms with E-state index in [1.807, 2.05) is 18.2 Å². The summed E-state index contributed by atoms with van der Waals surface area (Å²) in [4.78, 5) is 24.6. The molecule has 0 heterocycles. The van der Waals surface area contributed by atoms with E-state index in [0.717, 1.165) is 55.2 Å². The van der Waals surface area contributed by atoms with Crippen molar-refractivity contribution in [2.24, 2.45) is 10.2 Å². The van der Waals surface area contributed by atoms with E-state index in [1.54, 1.807) is 30.5 Å². The van der Waals surface area contributed by atoms with E-state index in [0.29, 0.717) is 5.56 Å². The summed E-state index contributed by atoms with van der Waals surface area (Å²) in [5.74, 6) is -0.221. The molecule has 4 heteroatoms. The standard InChI is InChI=1S/C22H26N2O2/c1-3-5-10-19-14-17(15-20(21(19)25)11-6-4-2)16-23-24-22(26)18-12-8-7-9-13-18/h7-9,12-16H,3-6,10-11H2,1-2H3. The zero-order valence-electron chi connectivity index (χ0n) is 15.6. The molecule has 136 valence electrons. The molecule has 0 spiro atoms. The zero-order chi connectivity index (χ0) is 18.8. The largest absolute Gasteiger partial charge is 0.295 e. The minimum atomic E-state index is -0.375. The Hall–Kier alpha value is -2.62. The third kappa shape index (κ3) is 5.73. The topological polar surface area (TPSA) is 58.9 Å². The molecular weight excluding hydrogens is 324 g/mol. The second kappa shape index (κ2) is 10.4. The molecule has 1 amide bonds. The van der Waals surface area contributed by atoms with E-state index >= 15 is 0 Å². The van der Waals surface area contributed by atoms with Gasteiger partial charge in [0, 0.05) is 16.7 Å². The Bertz CT molecular complexity index is 726. The van der Waals surface area contributed by atoms with Crippen LogP contribution in [0.4, 0.5) is 0 Å². The Labute approximate surface area is 155 Å². The van der Waals surface area contributed by atoms with Crippen LogP contribution in [0, 0.1) is 0 Å². The summed E-state index contributed by atoms with van der Waals surface area (Å²) >= 11 is 0. The first-order chi connectivity index (χ1) is 12.7. The van der Waals surface area contributed by atoms with Crippen LogP contribution in [0.1, 0.15) is 62.7 Å². The lowest BCUT2D eigenvalue weighted by molar-refractivity contribution is -0.112. The normalized spacial score (nSPS) is 14.4. The van der Waals surface area contributed by atoms with Crippen molar-refractivity contribution in [3.05, 3.63) is 71.0 Å². The summed E-state index contributed by atoms with van der Waals surface area (Å²) in [6, 6.07) is 8.84. The van der Waals surface area contributed by atoms with Crippen molar-refractivity contribution in [3.63, 3.8) is 0 Å². The molecule has 0 aliphatic heterocycles. The molecular formula is C22H26N2O2. The Morgan fingerprint density at radius 3 is 2.08 bits per heavy atom. The lowest BCUT2D eigenvalue weighted by Crippen LogP contribution is -2.11. The monoisotopic (exact) mass is 350 g/mol. The molecule has 0 N–H and O–H groups in total. The van der Waals surface area contributed by atoms with Gasteiger partial charge in [-0.15, -0.1) is 5.11 Å². The number of amides is 1. The second-order valence-corrected chi connectivity index (χ2v) is 6.39. The van der Waals surface area contributed by atoms with Gasteiger partial charge < -0.3 is 0 Å². The van der Waals surface area contributed by atoms with Crippen molar-refractivity contribution >= 4 is 11.7 Å². The van der Waals surface area contributed by atoms with Gasteiger partial charge in [0.1, 0.15) is 0 Å². The van der Waals surface area contributed by atoms with Crippen molar-refractivity contribution in [3.8, 4) is 0 Å². The van der Waals surface area contributed by atoms with Gasteiger partial charge in [-0.3, -0.25) is 9.59 Å². The summed E-state index contributed by atoms with van der Waals surface area (Å²) in [5, 5.41) is 7.69. The predicted octanol–water partition coefficient (Wildman–Crippen LogP) is 5.98. The van der Waals surface area contributed by atoms with E-state index < -0.39 is 0 Å². The first-order valence-corrected chi connectivity index (χ1v) is 9.32. The van der Waals surface area contributed by atoms with Gasteiger partial charge in [0.2, 0.25) is 0 Å². The fourth-order valence-corrected chi connectivity index (χ4v) is 2.75. The van der Waals surface area contributed by atoms with Gasteiger partial charge in [0.25, 0.3) is 5.91 Å². The van der Waals surface area contributed by atoms with Gasteiger partial charge in [0.05, 0.1) is 6.20 Å². The highest BCUT2D eigenvalue weighted by molar-refractivity contribution is 6.10. The van der Waals surface area contributed by atoms with Crippen LogP contribution >= 0.6 is 0 Å². The van der Waals surface area contributed by atoms with E-state index in [4.69, 9.17) is 0 Å². The Morgan fingerprint density at radius 1 is 0.962 bits per heavy atom. The van der Waals surface area contributed by atoms with Crippen molar-refractivity contribution in [2.45, 2.75) is 52.4 Å². The molecule has 0 unspecified atom stereocenters. The number of azo groups is 1. The number of hydrogen-bond donors (Lipinski definition) is 0. The molecule has 0 atom stereocenters. The highest BCUT2D eigenvalue weighted by Gasteiger charge is 2.19. The fraction of sp³-hybridized carbons (Fsp3) is 0.364. The van der Waals surface area contributed by atoms with Gasteiger partial charge in [-0.25, -0.2) is 0 Å². The van der Waals surface area contributed by atoms with Gasteiger partial charge in [-0.2, -0.15) is 5.11 Å². The number of ketones is 1. The number of allylic oxidation sites excluding steroid dienone is 5. The van der Waals surface area contributed by atoms with Crippen molar-refractivity contribution in [1.82, 2.24) is 0 Å². The van der Waals surface area contributed by atoms with E-state index in [-0.39, 0.29) is 11.7 Å². The third-order valence-corrected chi connectivity index (χ3v) is 4.24. The number of benzene rings is 1. The van der Waals surface area contributed by atoms with Gasteiger partial charge >= 0.3 is 0 Å². The fourth-order valence-electron chi connectivity index (χ4n) is 2.75. The highest BCUT2D eigenvalue weighted by atomic mass is 16.1. The Kier molecular flexibility index (Phi) is 7.87. The molecule has 0 radical (unpaired) electrons. The maximum Gasteiger partial charge on any atom is 0.295 e. The van der Waals surface area contributed by atoms with E-state index in [1.165, 1.54) is 0 Å². The van der Waals surface area contributed by atoms with E-state index in [2.05, 4.69) is 24.1 Å². The van der Waals surface area contributed by atoms with Crippen LogP contribution in [-0.2, 0) is 4.79 Å². The van der Waals surface area contributed by atoms with Gasteiger partial charge in [-0.1, -0.05) is 44.9 Å². The van der Waals surface area contributed by atoms with Gasteiger partial charge in [0.15, 0.2) is 5.78 Å². The van der Waals surface area contributed by atoms with Crippen LogP contribution in [0.3, 0.4) is 0 Å². The highest BCUT2D eigenvalue weighted by Crippen LogP contribution is 2.26. The van der Waals surface area contributed by atoms with Crippen LogP contribution in [0.5, 0.6) is 0 Å². The third-order valence-electron chi connectivity index (χ3n) is 4.24. The molecule has 0 saturated carbocycles. The summed E-state index contributed by atoms with van der Waals surface area (Å²) in [6.45, 7) is 4.23. The van der Waals surface area contributed by atoms with Crippen LogP contribution < -0.4 is 0 Å². The van der Waals surface area contributed by atoms with Crippen LogP contribution in [0.15, 0.2) is 75.6 Å². The van der Waals surface area contributed by atoms with Crippen LogP contribution in [0.25, 0.3) is 0 Å². The molecule has 2 rings (SSSR count). The first kappa shape index (κ1) is 19.7. The van der Waals surface area contributed by atoms with Gasteiger partial charge in [-0.05, 0) is 55.5 Å². The van der Waals surface area contributed by atoms with Crippen molar-refractivity contribution in [1.29, 1.82) is 0 Å². The maximum atomic E-state index is 12.6. The molecule has 0 fully saturated rings. The summed E-state index contributed by atoms with van der Waals surface area (Å²) in [6.07, 6.45) is 10.9. The van der Waals surface area contributed by atoms with Crippen LogP contribution in [-0.4, -0.2) is 11.7 Å². The molecule has 0 saturated heterocycles. The number of unbranched alkanes of at least 4 members (excludes halogenated alkanes) is 2. The SMILES string of the molecule is CCCCC1=CC(=CN=NC(=O)c2ccccc2)C=C(CCCC)C1=O. The molecule has 1 aromatic carbocycles. The number of carbonyl (C=O) groups is 2. The average Bonchev–Trinajstić information content (AvgIpc) is 2.67. The molecule has 1 aliphatic carbocycles. The minimum Gasteiger partial charge on any atom is -0.289 e. The maximum absolute atomic E-state index is 12.6. The predicted molar refractivity (Wildman–Crippen MR) is 104 cm³/mol. The molecule has 0 aromatic heterocycles. The lowest BCUT2D eigenvalue weighted by atomic mass is 9.88. The molecule has 1 aliphatic rings. The number of carbonyl (C=O) groups excluding carboxylic acids is 2. The molecule has 0 bridgehead atoms. The summed E-state index contributed by atoms with van der Waals surface area (Å²) in [5.41, 5.74) is 2.99. The zero-order valence-corrected chi connectivity index (χ0v) is 15.6. The summed E-state index contributed by atoms with van der Waals surface area (Å²) < 4.78 is 0. The summed E-state index contributed by atoms with van der Waals surface area (Å²) in [7, 11) is 0. The smallest absolute Gasteiger partial charge is 0.289 e. The van der Waals surface area contributed by atoms with Crippen molar-refractivity contribution in [2.75, 3.05) is 0 Å². The Morgan fingerprint density at radius 2 is 1.54 bits per heavy atom.